The third-order valence-corrected chi connectivity index (χ3v) is 5.17. The van der Waals surface area contributed by atoms with Crippen LogP contribution in [-0.4, -0.2) is 17.0 Å². The van der Waals surface area contributed by atoms with Crippen LogP contribution in [0.15, 0.2) is 10.5 Å². The number of nitrogens with one attached hydrogen (secondary N) is 1. The van der Waals surface area contributed by atoms with Crippen molar-refractivity contribution in [3.63, 3.8) is 0 Å². The maximum Gasteiger partial charge on any atom is 0.105 e. The average molecular weight is 253 g/mol. The lowest BCUT2D eigenvalue weighted by molar-refractivity contribution is 0.470. The predicted molar refractivity (Wildman–Crippen MR) is 74.7 cm³/mol. The van der Waals surface area contributed by atoms with E-state index in [2.05, 4.69) is 37.0 Å². The summed E-state index contributed by atoms with van der Waals surface area (Å²) in [5.74, 6) is 3.37. The molecule has 2 heterocycles. The second kappa shape index (κ2) is 5.07. The highest BCUT2D eigenvalue weighted by molar-refractivity contribution is 8.00. The van der Waals surface area contributed by atoms with Crippen LogP contribution < -0.4 is 5.32 Å². The number of hydrogen-bond donors (Lipinski definition) is 1. The minimum absolute atomic E-state index is 0.380. The lowest BCUT2D eigenvalue weighted by Gasteiger charge is -2.25. The summed E-state index contributed by atoms with van der Waals surface area (Å²) in [6, 6.07) is 2.53. The number of aryl methyl sites for hydroxylation is 2. The van der Waals surface area contributed by atoms with E-state index in [9.17, 15) is 0 Å². The van der Waals surface area contributed by atoms with Crippen LogP contribution in [0, 0.1) is 13.8 Å². The van der Waals surface area contributed by atoms with Gasteiger partial charge in [0, 0.05) is 22.9 Å². The van der Waals surface area contributed by atoms with Crippen molar-refractivity contribution in [2.45, 2.75) is 51.3 Å². The summed E-state index contributed by atoms with van der Waals surface area (Å²) in [6.07, 6.45) is 2.70. The number of hydrogen-bond acceptors (Lipinski definition) is 3. The molecule has 1 N–H and O–H groups in total. The molecule has 1 saturated heterocycles. The second-order valence-corrected chi connectivity index (χ2v) is 7.06. The van der Waals surface area contributed by atoms with Crippen molar-refractivity contribution >= 4 is 11.8 Å². The summed E-state index contributed by atoms with van der Waals surface area (Å²) < 4.78 is 6.02. The highest BCUT2D eigenvalue weighted by Crippen LogP contribution is 2.37. The number of rotatable bonds is 4. The van der Waals surface area contributed by atoms with Gasteiger partial charge in [0.15, 0.2) is 0 Å². The fourth-order valence-corrected chi connectivity index (χ4v) is 3.79. The van der Waals surface area contributed by atoms with E-state index in [1.54, 1.807) is 0 Å². The average Bonchev–Trinajstić information content (AvgIpc) is 2.83. The smallest absolute Gasteiger partial charge is 0.105 e. The molecule has 0 saturated carbocycles. The molecule has 2 atom stereocenters. The highest BCUT2D eigenvalue weighted by Gasteiger charge is 2.29. The van der Waals surface area contributed by atoms with Gasteiger partial charge in [-0.05, 0) is 52.4 Å². The van der Waals surface area contributed by atoms with Gasteiger partial charge in [-0.25, -0.2) is 0 Å². The molecule has 1 fully saturated rings. The molecule has 0 bridgehead atoms. The predicted octanol–water partition coefficient (Wildman–Crippen LogP) is 3.83. The Morgan fingerprint density at radius 2 is 2.29 bits per heavy atom. The number of thioether (sulfide) groups is 1. The maximum absolute atomic E-state index is 5.59. The Bertz CT molecular complexity index is 380. The van der Waals surface area contributed by atoms with E-state index >= 15 is 0 Å². The van der Waals surface area contributed by atoms with Crippen molar-refractivity contribution in [1.82, 2.24) is 5.32 Å². The van der Waals surface area contributed by atoms with Gasteiger partial charge in [-0.15, -0.1) is 0 Å². The Kier molecular flexibility index (Phi) is 3.88. The zero-order chi connectivity index (χ0) is 12.5. The van der Waals surface area contributed by atoms with Crippen molar-refractivity contribution in [1.29, 1.82) is 0 Å². The first-order valence-corrected chi connectivity index (χ1v) is 7.43. The Morgan fingerprint density at radius 1 is 1.53 bits per heavy atom. The zero-order valence-corrected chi connectivity index (χ0v) is 12.1. The topological polar surface area (TPSA) is 25.2 Å². The van der Waals surface area contributed by atoms with Crippen LogP contribution in [-0.2, 0) is 0 Å². The van der Waals surface area contributed by atoms with Gasteiger partial charge in [0.05, 0.1) is 0 Å². The Morgan fingerprint density at radius 3 is 2.82 bits per heavy atom. The van der Waals surface area contributed by atoms with Gasteiger partial charge in [0.1, 0.15) is 11.5 Å². The molecule has 3 heteroatoms. The van der Waals surface area contributed by atoms with Crippen molar-refractivity contribution in [2.24, 2.45) is 0 Å². The lowest BCUT2D eigenvalue weighted by Crippen LogP contribution is -2.34. The van der Waals surface area contributed by atoms with Crippen LogP contribution >= 0.6 is 11.8 Å². The summed E-state index contributed by atoms with van der Waals surface area (Å²) in [5.41, 5.74) is 1.30. The van der Waals surface area contributed by atoms with Gasteiger partial charge in [-0.2, -0.15) is 11.8 Å². The molecule has 96 valence electrons. The van der Waals surface area contributed by atoms with Crippen molar-refractivity contribution in [3.8, 4) is 0 Å². The van der Waals surface area contributed by atoms with Crippen molar-refractivity contribution in [3.05, 3.63) is 23.2 Å². The summed E-state index contributed by atoms with van der Waals surface area (Å²) in [7, 11) is 0. The van der Waals surface area contributed by atoms with E-state index in [0.717, 1.165) is 18.1 Å². The van der Waals surface area contributed by atoms with Crippen LogP contribution in [0.4, 0.5) is 0 Å². The molecule has 0 aliphatic carbocycles. The van der Waals surface area contributed by atoms with E-state index in [1.165, 1.54) is 24.2 Å². The van der Waals surface area contributed by atoms with Crippen LogP contribution in [0.3, 0.4) is 0 Å². The van der Waals surface area contributed by atoms with Gasteiger partial charge >= 0.3 is 0 Å². The van der Waals surface area contributed by atoms with Crippen molar-refractivity contribution < 1.29 is 4.42 Å². The normalized spacial score (nSPS) is 26.4. The summed E-state index contributed by atoms with van der Waals surface area (Å²) in [4.78, 5) is 0. The molecule has 0 radical (unpaired) electrons. The van der Waals surface area contributed by atoms with Gasteiger partial charge in [0.25, 0.3) is 0 Å². The summed E-state index contributed by atoms with van der Waals surface area (Å²) in [5, 5.41) is 3.65. The number of furan rings is 1. The monoisotopic (exact) mass is 253 g/mol. The van der Waals surface area contributed by atoms with Crippen LogP contribution in [0.1, 0.15) is 49.8 Å². The van der Waals surface area contributed by atoms with Crippen LogP contribution in [0.5, 0.6) is 0 Å². The highest BCUT2D eigenvalue weighted by atomic mass is 32.2. The SMILES string of the molecule is Cc1cc(C(C)NCC2(C)CCCS2)c(C)o1. The third kappa shape index (κ3) is 3.08. The van der Waals surface area contributed by atoms with E-state index in [-0.39, 0.29) is 0 Å². The quantitative estimate of drug-likeness (QED) is 0.882. The van der Waals surface area contributed by atoms with Crippen molar-refractivity contribution in [2.75, 3.05) is 12.3 Å². The third-order valence-electron chi connectivity index (χ3n) is 3.63. The molecule has 2 unspecified atom stereocenters. The molecule has 1 aliphatic heterocycles. The van der Waals surface area contributed by atoms with Crippen LogP contribution in [0.25, 0.3) is 0 Å². The molecule has 1 aromatic rings. The maximum atomic E-state index is 5.59. The fourth-order valence-electron chi connectivity index (χ4n) is 2.54. The second-order valence-electron chi connectivity index (χ2n) is 5.37. The van der Waals surface area contributed by atoms with E-state index in [4.69, 9.17) is 4.42 Å². The first-order chi connectivity index (χ1) is 8.00. The first kappa shape index (κ1) is 13.0. The molecule has 1 aliphatic rings. The minimum Gasteiger partial charge on any atom is -0.466 e. The molecule has 0 spiro atoms. The fraction of sp³-hybridized carbons (Fsp3) is 0.714. The Hall–Kier alpha value is -0.410. The molecular weight excluding hydrogens is 230 g/mol. The molecule has 0 amide bonds. The largest absolute Gasteiger partial charge is 0.466 e. The van der Waals surface area contributed by atoms with Gasteiger partial charge < -0.3 is 9.73 Å². The molecule has 17 heavy (non-hydrogen) atoms. The van der Waals surface area contributed by atoms with Gasteiger partial charge in [0.2, 0.25) is 0 Å². The minimum atomic E-state index is 0.380. The zero-order valence-electron chi connectivity index (χ0n) is 11.3. The Labute approximate surface area is 109 Å². The van der Waals surface area contributed by atoms with Crippen LogP contribution in [0.2, 0.25) is 0 Å². The van der Waals surface area contributed by atoms with E-state index < -0.39 is 0 Å². The summed E-state index contributed by atoms with van der Waals surface area (Å²) in [6.45, 7) is 9.74. The standard InChI is InChI=1S/C14H23NOS/c1-10-8-13(12(3)16-10)11(2)15-9-14(4)6-5-7-17-14/h8,11,15H,5-7,9H2,1-4H3. The molecule has 2 nitrogen and oxygen atoms in total. The first-order valence-electron chi connectivity index (χ1n) is 6.44. The molecule has 0 aromatic carbocycles. The van der Waals surface area contributed by atoms with Gasteiger partial charge in [-0.3, -0.25) is 0 Å². The van der Waals surface area contributed by atoms with E-state index in [1.807, 2.05) is 13.8 Å². The summed E-state index contributed by atoms with van der Waals surface area (Å²) >= 11 is 2.11. The van der Waals surface area contributed by atoms with E-state index in [0.29, 0.717) is 10.8 Å². The molecule has 1 aromatic heterocycles. The molecular formula is C14H23NOS. The van der Waals surface area contributed by atoms with Gasteiger partial charge in [-0.1, -0.05) is 0 Å². The molecule has 2 rings (SSSR count). The lowest BCUT2D eigenvalue weighted by atomic mass is 10.0. The Balaban J connectivity index is 1.93.